The molecule has 0 aliphatic carbocycles. The fraction of sp³-hybridized carbons (Fsp3) is 0.571. The number of aliphatic hydroxyl groups is 1. The number of hydrogen-bond donors (Lipinski definition) is 1. The van der Waals surface area contributed by atoms with E-state index in [2.05, 4.69) is 0 Å². The second-order valence-electron chi connectivity index (χ2n) is 5.20. The van der Waals surface area contributed by atoms with Gasteiger partial charge in [-0.1, -0.05) is 6.07 Å². The van der Waals surface area contributed by atoms with Crippen LogP contribution in [0.5, 0.6) is 0 Å². The van der Waals surface area contributed by atoms with Crippen molar-refractivity contribution in [2.24, 2.45) is 5.92 Å². The van der Waals surface area contributed by atoms with Crippen molar-refractivity contribution in [3.05, 3.63) is 30.1 Å². The molecule has 0 bridgehead atoms. The van der Waals surface area contributed by atoms with Crippen molar-refractivity contribution in [1.82, 2.24) is 4.31 Å². The van der Waals surface area contributed by atoms with Crippen LogP contribution < -0.4 is 4.31 Å². The third-order valence-corrected chi connectivity index (χ3v) is 5.74. The van der Waals surface area contributed by atoms with E-state index in [0.717, 1.165) is 12.8 Å². The van der Waals surface area contributed by atoms with Crippen molar-refractivity contribution >= 4 is 15.9 Å². The van der Waals surface area contributed by atoms with Crippen LogP contribution >= 0.6 is 0 Å². The van der Waals surface area contributed by atoms with Crippen LogP contribution in [0.25, 0.3) is 0 Å². The molecular formula is C14H21FN2O3S. The summed E-state index contributed by atoms with van der Waals surface area (Å²) >= 11 is 0. The van der Waals surface area contributed by atoms with Crippen LogP contribution in [-0.2, 0) is 10.2 Å². The summed E-state index contributed by atoms with van der Waals surface area (Å²) in [4.78, 5) is 0. The monoisotopic (exact) mass is 316 g/mol. The predicted octanol–water partition coefficient (Wildman–Crippen LogP) is 1.60. The van der Waals surface area contributed by atoms with Gasteiger partial charge in [-0.3, -0.25) is 4.31 Å². The second-order valence-corrected chi connectivity index (χ2v) is 7.05. The lowest BCUT2D eigenvalue weighted by Gasteiger charge is -2.35. The fourth-order valence-electron chi connectivity index (χ4n) is 2.64. The third-order valence-electron chi connectivity index (χ3n) is 3.73. The molecule has 1 heterocycles. The van der Waals surface area contributed by atoms with Gasteiger partial charge in [0.25, 0.3) is 0 Å². The van der Waals surface area contributed by atoms with Crippen LogP contribution in [-0.4, -0.2) is 44.1 Å². The highest BCUT2D eigenvalue weighted by Gasteiger charge is 2.33. The molecule has 21 heavy (non-hydrogen) atoms. The Morgan fingerprint density at radius 3 is 2.86 bits per heavy atom. The number of anilines is 1. The van der Waals surface area contributed by atoms with E-state index in [1.54, 1.807) is 13.0 Å². The van der Waals surface area contributed by atoms with E-state index >= 15 is 0 Å². The summed E-state index contributed by atoms with van der Waals surface area (Å²) < 4.78 is 41.4. The number of halogens is 1. The van der Waals surface area contributed by atoms with Gasteiger partial charge in [0, 0.05) is 26.2 Å². The summed E-state index contributed by atoms with van der Waals surface area (Å²) in [6.45, 7) is 2.68. The van der Waals surface area contributed by atoms with Gasteiger partial charge >= 0.3 is 10.2 Å². The van der Waals surface area contributed by atoms with E-state index in [0.29, 0.717) is 18.8 Å². The molecule has 5 nitrogen and oxygen atoms in total. The van der Waals surface area contributed by atoms with E-state index in [1.165, 1.54) is 26.8 Å². The molecule has 0 radical (unpaired) electrons. The molecule has 1 atom stereocenters. The molecule has 1 saturated heterocycles. The van der Waals surface area contributed by atoms with Gasteiger partial charge in [0.05, 0.1) is 5.69 Å². The Hall–Kier alpha value is -1.18. The van der Waals surface area contributed by atoms with Gasteiger partial charge < -0.3 is 5.11 Å². The number of rotatable bonds is 5. The molecule has 1 aliphatic heterocycles. The first-order valence-corrected chi connectivity index (χ1v) is 8.53. The lowest BCUT2D eigenvalue weighted by molar-refractivity contribution is 0.165. The zero-order chi connectivity index (χ0) is 15.5. The maximum Gasteiger partial charge on any atom is 0.304 e. The molecule has 1 aromatic rings. The Kier molecular flexibility index (Phi) is 5.18. The fourth-order valence-corrected chi connectivity index (χ4v) is 4.38. The molecule has 7 heteroatoms. The average molecular weight is 316 g/mol. The average Bonchev–Trinajstić information content (AvgIpc) is 2.48. The zero-order valence-corrected chi connectivity index (χ0v) is 12.9. The zero-order valence-electron chi connectivity index (χ0n) is 12.1. The van der Waals surface area contributed by atoms with E-state index in [-0.39, 0.29) is 19.1 Å². The summed E-state index contributed by atoms with van der Waals surface area (Å²) in [5, 5.41) is 9.24. The molecule has 0 aromatic heterocycles. The molecule has 2 rings (SSSR count). The van der Waals surface area contributed by atoms with Gasteiger partial charge in [0.1, 0.15) is 5.82 Å². The first kappa shape index (κ1) is 16.2. The lowest BCUT2D eigenvalue weighted by Crippen LogP contribution is -2.48. The summed E-state index contributed by atoms with van der Waals surface area (Å²) in [6, 6.07) is 5.58. The summed E-state index contributed by atoms with van der Waals surface area (Å²) in [7, 11) is -3.70. The summed E-state index contributed by atoms with van der Waals surface area (Å²) in [6.07, 6.45) is 1.56. The highest BCUT2D eigenvalue weighted by molar-refractivity contribution is 7.90. The van der Waals surface area contributed by atoms with Gasteiger partial charge in [-0.25, -0.2) is 4.39 Å². The van der Waals surface area contributed by atoms with Crippen LogP contribution in [0.15, 0.2) is 24.3 Å². The number of nitrogens with zero attached hydrogens (tertiary/aromatic N) is 2. The number of piperidine rings is 1. The Morgan fingerprint density at radius 2 is 2.24 bits per heavy atom. The number of hydrogen-bond acceptors (Lipinski definition) is 3. The predicted molar refractivity (Wildman–Crippen MR) is 79.7 cm³/mol. The van der Waals surface area contributed by atoms with Crippen molar-refractivity contribution in [1.29, 1.82) is 0 Å². The van der Waals surface area contributed by atoms with Gasteiger partial charge in [0.15, 0.2) is 0 Å². The summed E-state index contributed by atoms with van der Waals surface area (Å²) in [5.41, 5.74) is 0.323. The highest BCUT2D eigenvalue weighted by Crippen LogP contribution is 2.25. The van der Waals surface area contributed by atoms with E-state index < -0.39 is 16.0 Å². The molecule has 0 spiro atoms. The van der Waals surface area contributed by atoms with Crippen molar-refractivity contribution in [2.75, 3.05) is 30.5 Å². The van der Waals surface area contributed by atoms with Crippen LogP contribution in [0.1, 0.15) is 19.8 Å². The van der Waals surface area contributed by atoms with Crippen molar-refractivity contribution < 1.29 is 17.9 Å². The third kappa shape index (κ3) is 3.53. The van der Waals surface area contributed by atoms with Gasteiger partial charge in [-0.15, -0.1) is 0 Å². The Balaban J connectivity index is 2.27. The van der Waals surface area contributed by atoms with Crippen LogP contribution in [0.2, 0.25) is 0 Å². The smallest absolute Gasteiger partial charge is 0.304 e. The first-order valence-electron chi connectivity index (χ1n) is 7.13. The van der Waals surface area contributed by atoms with Gasteiger partial charge in [0.2, 0.25) is 0 Å². The van der Waals surface area contributed by atoms with Crippen molar-refractivity contribution in [3.63, 3.8) is 0 Å². The number of aliphatic hydroxyl groups excluding tert-OH is 1. The Bertz CT molecular complexity index is 579. The minimum absolute atomic E-state index is 0.0158. The van der Waals surface area contributed by atoms with E-state index in [4.69, 9.17) is 0 Å². The molecule has 118 valence electrons. The van der Waals surface area contributed by atoms with E-state index in [9.17, 15) is 17.9 Å². The quantitative estimate of drug-likeness (QED) is 0.897. The maximum absolute atomic E-state index is 13.3. The Labute approximate surface area is 125 Å². The molecule has 1 unspecified atom stereocenters. The van der Waals surface area contributed by atoms with E-state index in [1.807, 2.05) is 0 Å². The second kappa shape index (κ2) is 6.72. The molecule has 1 N–H and O–H groups in total. The molecule has 0 amide bonds. The van der Waals surface area contributed by atoms with Gasteiger partial charge in [-0.05, 0) is 43.9 Å². The van der Waals surface area contributed by atoms with Gasteiger partial charge in [-0.2, -0.15) is 12.7 Å². The molecule has 1 aromatic carbocycles. The minimum atomic E-state index is -3.70. The molecule has 1 fully saturated rings. The molecule has 0 saturated carbocycles. The summed E-state index contributed by atoms with van der Waals surface area (Å²) in [5.74, 6) is -0.493. The molecule has 1 aliphatic rings. The molecular weight excluding hydrogens is 295 g/mol. The van der Waals surface area contributed by atoms with Crippen LogP contribution in [0.4, 0.5) is 10.1 Å². The lowest BCUT2D eigenvalue weighted by atomic mass is 10.0. The maximum atomic E-state index is 13.3. The van der Waals surface area contributed by atoms with Crippen LogP contribution in [0, 0.1) is 11.7 Å². The van der Waals surface area contributed by atoms with Crippen molar-refractivity contribution in [3.8, 4) is 0 Å². The number of benzene rings is 1. The standard InChI is InChI=1S/C14H21FN2O3S/c1-2-17(14-7-3-6-13(15)9-14)21(19,20)16-8-4-5-12(10-16)11-18/h3,6-7,9,12,18H,2,4-5,8,10-11H2,1H3. The largest absolute Gasteiger partial charge is 0.396 e. The van der Waals surface area contributed by atoms with Crippen molar-refractivity contribution in [2.45, 2.75) is 19.8 Å². The normalized spacial score (nSPS) is 20.4. The highest BCUT2D eigenvalue weighted by atomic mass is 32.2. The SMILES string of the molecule is CCN(c1cccc(F)c1)S(=O)(=O)N1CCCC(CO)C1. The Morgan fingerprint density at radius 1 is 1.48 bits per heavy atom. The van der Waals surface area contributed by atoms with Crippen LogP contribution in [0.3, 0.4) is 0 Å². The topological polar surface area (TPSA) is 60.9 Å². The first-order chi connectivity index (χ1) is 9.98. The minimum Gasteiger partial charge on any atom is -0.396 e.